The zero-order valence-corrected chi connectivity index (χ0v) is 11.0. The Morgan fingerprint density at radius 2 is 2.00 bits per heavy atom. The third kappa shape index (κ3) is 3.31. The molecular formula is C15H15NOS. The van der Waals surface area contributed by atoms with Crippen LogP contribution in [0.5, 0.6) is 0 Å². The number of hydrogen-bond donors (Lipinski definition) is 1. The van der Waals surface area contributed by atoms with E-state index in [1.165, 1.54) is 4.88 Å². The van der Waals surface area contributed by atoms with Gasteiger partial charge in [0.1, 0.15) is 0 Å². The van der Waals surface area contributed by atoms with Crippen LogP contribution in [-0.2, 0) is 6.42 Å². The van der Waals surface area contributed by atoms with Gasteiger partial charge in [-0.2, -0.15) is 0 Å². The summed E-state index contributed by atoms with van der Waals surface area (Å²) < 4.78 is 0. The molecule has 2 nitrogen and oxygen atoms in total. The lowest BCUT2D eigenvalue weighted by atomic mass is 10.3. The molecule has 0 atom stereocenters. The fraction of sp³-hybridized carbons (Fsp3) is 0.133. The highest BCUT2D eigenvalue weighted by molar-refractivity contribution is 7.14. The minimum Gasteiger partial charge on any atom is -0.362 e. The number of thiophene rings is 1. The first-order valence-corrected chi connectivity index (χ1v) is 6.72. The first-order valence-electron chi connectivity index (χ1n) is 5.91. The van der Waals surface area contributed by atoms with Gasteiger partial charge in [-0.3, -0.25) is 4.79 Å². The van der Waals surface area contributed by atoms with E-state index in [1.807, 2.05) is 42.5 Å². The van der Waals surface area contributed by atoms with E-state index in [0.717, 1.165) is 17.0 Å². The van der Waals surface area contributed by atoms with E-state index in [-0.39, 0.29) is 5.78 Å². The summed E-state index contributed by atoms with van der Waals surface area (Å²) in [5.74, 6) is 0.0446. The lowest BCUT2D eigenvalue weighted by Crippen LogP contribution is -1.93. The third-order valence-corrected chi connectivity index (χ3v) is 3.76. The number of benzene rings is 1. The first-order chi connectivity index (χ1) is 8.79. The molecule has 0 amide bonds. The molecule has 0 bridgehead atoms. The molecule has 18 heavy (non-hydrogen) atoms. The highest BCUT2D eigenvalue weighted by Crippen LogP contribution is 2.17. The summed E-state index contributed by atoms with van der Waals surface area (Å²) in [6.07, 6.45) is 4.23. The minimum atomic E-state index is 0.0446. The number of rotatable bonds is 5. The number of hydrogen-bond acceptors (Lipinski definition) is 3. The monoisotopic (exact) mass is 257 g/mol. The van der Waals surface area contributed by atoms with E-state index in [2.05, 4.69) is 12.2 Å². The number of carbonyl (C=O) groups is 1. The maximum Gasteiger partial charge on any atom is 0.197 e. The molecule has 1 N–H and O–H groups in total. The zero-order chi connectivity index (χ0) is 12.8. The van der Waals surface area contributed by atoms with E-state index in [0.29, 0.717) is 0 Å². The maximum atomic E-state index is 11.8. The average Bonchev–Trinajstić information content (AvgIpc) is 2.89. The normalized spacial score (nSPS) is 10.7. The van der Waals surface area contributed by atoms with Crippen molar-refractivity contribution in [1.82, 2.24) is 0 Å². The topological polar surface area (TPSA) is 29.1 Å². The Labute approximate surface area is 111 Å². The van der Waals surface area contributed by atoms with Crippen LogP contribution in [0.2, 0.25) is 0 Å². The van der Waals surface area contributed by atoms with Crippen molar-refractivity contribution < 1.29 is 4.79 Å². The van der Waals surface area contributed by atoms with Crippen LogP contribution in [0.1, 0.15) is 21.5 Å². The van der Waals surface area contributed by atoms with Gasteiger partial charge in [0.2, 0.25) is 0 Å². The fourth-order valence-electron chi connectivity index (χ4n) is 1.53. The van der Waals surface area contributed by atoms with Crippen LogP contribution in [0.3, 0.4) is 0 Å². The molecule has 92 valence electrons. The molecule has 1 aromatic heterocycles. The third-order valence-electron chi connectivity index (χ3n) is 2.51. The summed E-state index contributed by atoms with van der Waals surface area (Å²) in [6.45, 7) is 2.09. The number of allylic oxidation sites excluding steroid dienone is 1. The number of carbonyl (C=O) groups excluding carboxylic acids is 1. The Kier molecular flexibility index (Phi) is 4.31. The van der Waals surface area contributed by atoms with Crippen molar-refractivity contribution in [2.45, 2.75) is 13.3 Å². The molecule has 0 spiro atoms. The minimum absolute atomic E-state index is 0.0446. The molecular weight excluding hydrogens is 242 g/mol. The van der Waals surface area contributed by atoms with Gasteiger partial charge in [0.05, 0.1) is 4.88 Å². The molecule has 0 aliphatic rings. The van der Waals surface area contributed by atoms with Crippen LogP contribution < -0.4 is 5.32 Å². The molecule has 0 fully saturated rings. The van der Waals surface area contributed by atoms with Crippen molar-refractivity contribution in [3.63, 3.8) is 0 Å². The van der Waals surface area contributed by atoms with Gasteiger partial charge >= 0.3 is 0 Å². The molecule has 3 heteroatoms. The molecule has 1 aromatic carbocycles. The molecule has 2 aromatic rings. The predicted octanol–water partition coefficient (Wildman–Crippen LogP) is 4.12. The van der Waals surface area contributed by atoms with Crippen molar-refractivity contribution in [3.05, 3.63) is 64.5 Å². The van der Waals surface area contributed by atoms with Crippen LogP contribution in [0.4, 0.5) is 5.69 Å². The van der Waals surface area contributed by atoms with Crippen molar-refractivity contribution in [2.75, 3.05) is 5.32 Å². The SMILES string of the molecule is CCc1ccc(C(=O)/C=C/Nc2ccccc2)s1. The lowest BCUT2D eigenvalue weighted by molar-refractivity contribution is 0.105. The maximum absolute atomic E-state index is 11.8. The van der Waals surface area contributed by atoms with E-state index in [4.69, 9.17) is 0 Å². The summed E-state index contributed by atoms with van der Waals surface area (Å²) >= 11 is 1.56. The number of aryl methyl sites for hydroxylation is 1. The summed E-state index contributed by atoms with van der Waals surface area (Å²) in [5.41, 5.74) is 0.974. The molecule has 0 aliphatic heterocycles. The molecule has 0 unspecified atom stereocenters. The summed E-state index contributed by atoms with van der Waals surface area (Å²) in [4.78, 5) is 13.9. The van der Waals surface area contributed by atoms with Crippen LogP contribution in [-0.4, -0.2) is 5.78 Å². The molecule has 0 aliphatic carbocycles. The van der Waals surface area contributed by atoms with Gasteiger partial charge in [0.15, 0.2) is 5.78 Å². The van der Waals surface area contributed by atoms with Gasteiger partial charge in [-0.25, -0.2) is 0 Å². The second-order valence-electron chi connectivity index (χ2n) is 3.83. The molecule has 0 radical (unpaired) electrons. The van der Waals surface area contributed by atoms with E-state index in [9.17, 15) is 4.79 Å². The van der Waals surface area contributed by atoms with E-state index in [1.54, 1.807) is 23.6 Å². The van der Waals surface area contributed by atoms with Crippen LogP contribution in [0, 0.1) is 0 Å². The second-order valence-corrected chi connectivity index (χ2v) is 5.00. The number of para-hydroxylation sites is 1. The Hall–Kier alpha value is -1.87. The quantitative estimate of drug-likeness (QED) is 0.645. The fourth-order valence-corrected chi connectivity index (χ4v) is 2.40. The number of anilines is 1. The zero-order valence-electron chi connectivity index (χ0n) is 10.2. The van der Waals surface area contributed by atoms with Crippen molar-refractivity contribution in [2.24, 2.45) is 0 Å². The summed E-state index contributed by atoms with van der Waals surface area (Å²) in [6, 6.07) is 13.7. The smallest absolute Gasteiger partial charge is 0.197 e. The van der Waals surface area contributed by atoms with Crippen molar-refractivity contribution in [1.29, 1.82) is 0 Å². The van der Waals surface area contributed by atoms with Crippen LogP contribution in [0.15, 0.2) is 54.7 Å². The Morgan fingerprint density at radius 1 is 1.22 bits per heavy atom. The average molecular weight is 257 g/mol. The predicted molar refractivity (Wildman–Crippen MR) is 77.2 cm³/mol. The van der Waals surface area contributed by atoms with E-state index >= 15 is 0 Å². The number of ketones is 1. The first kappa shape index (κ1) is 12.6. The summed E-state index contributed by atoms with van der Waals surface area (Å²) in [7, 11) is 0. The van der Waals surface area contributed by atoms with Gasteiger partial charge in [0.25, 0.3) is 0 Å². The molecule has 2 rings (SSSR count). The molecule has 0 saturated carbocycles. The van der Waals surface area contributed by atoms with Crippen LogP contribution in [0.25, 0.3) is 0 Å². The van der Waals surface area contributed by atoms with Gasteiger partial charge in [-0.1, -0.05) is 25.1 Å². The van der Waals surface area contributed by atoms with Gasteiger partial charge in [0, 0.05) is 22.8 Å². The second kappa shape index (κ2) is 6.17. The molecule has 0 saturated heterocycles. The van der Waals surface area contributed by atoms with Crippen molar-refractivity contribution >= 4 is 22.8 Å². The highest BCUT2D eigenvalue weighted by Gasteiger charge is 2.04. The van der Waals surface area contributed by atoms with Gasteiger partial charge in [-0.15, -0.1) is 11.3 Å². The lowest BCUT2D eigenvalue weighted by Gasteiger charge is -1.98. The van der Waals surface area contributed by atoms with E-state index < -0.39 is 0 Å². The standard InChI is InChI=1S/C15H15NOS/c1-2-13-8-9-15(18-13)14(17)10-11-16-12-6-4-3-5-7-12/h3-11,16H,2H2,1H3/b11-10+. The molecule has 1 heterocycles. The van der Waals surface area contributed by atoms with Crippen LogP contribution >= 0.6 is 11.3 Å². The van der Waals surface area contributed by atoms with Crippen molar-refractivity contribution in [3.8, 4) is 0 Å². The Balaban J connectivity index is 1.95. The number of nitrogens with one attached hydrogen (secondary N) is 1. The Bertz CT molecular complexity index is 543. The summed E-state index contributed by atoms with van der Waals surface area (Å²) in [5, 5.41) is 3.07. The largest absolute Gasteiger partial charge is 0.362 e. The highest BCUT2D eigenvalue weighted by atomic mass is 32.1. The van der Waals surface area contributed by atoms with Gasteiger partial charge in [-0.05, 0) is 30.7 Å². The Morgan fingerprint density at radius 3 is 2.67 bits per heavy atom. The van der Waals surface area contributed by atoms with Gasteiger partial charge < -0.3 is 5.32 Å².